The van der Waals surface area contributed by atoms with E-state index in [1.807, 2.05) is 18.2 Å². The maximum Gasteiger partial charge on any atom is 0.124 e. The van der Waals surface area contributed by atoms with E-state index in [-0.39, 0.29) is 5.82 Å². The molecular formula is C22H22FNO. The fraction of sp³-hybridized carbons (Fsp3) is 0.182. The average Bonchev–Trinajstić information content (AvgIpc) is 2.64. The van der Waals surface area contributed by atoms with Gasteiger partial charge in [0, 0.05) is 18.7 Å². The summed E-state index contributed by atoms with van der Waals surface area (Å²) < 4.78 is 18.9. The lowest BCUT2D eigenvalue weighted by molar-refractivity contribution is 0.302. The highest BCUT2D eigenvalue weighted by Crippen LogP contribution is 2.19. The van der Waals surface area contributed by atoms with E-state index in [4.69, 9.17) is 4.74 Å². The molecule has 3 aromatic carbocycles. The number of para-hydroxylation sites is 1. The Morgan fingerprint density at radius 1 is 0.800 bits per heavy atom. The lowest BCUT2D eigenvalue weighted by Crippen LogP contribution is -2.13. The van der Waals surface area contributed by atoms with E-state index >= 15 is 0 Å². The topological polar surface area (TPSA) is 21.3 Å². The van der Waals surface area contributed by atoms with Crippen LogP contribution in [0.1, 0.15) is 22.3 Å². The summed E-state index contributed by atoms with van der Waals surface area (Å²) >= 11 is 0. The van der Waals surface area contributed by atoms with Gasteiger partial charge in [0.1, 0.15) is 18.2 Å². The van der Waals surface area contributed by atoms with Gasteiger partial charge in [-0.05, 0) is 36.2 Å². The Hall–Kier alpha value is -2.65. The minimum Gasteiger partial charge on any atom is -0.489 e. The molecule has 0 aliphatic carbocycles. The molecule has 1 N–H and O–H groups in total. The van der Waals surface area contributed by atoms with Gasteiger partial charge < -0.3 is 10.1 Å². The molecule has 0 bridgehead atoms. The summed E-state index contributed by atoms with van der Waals surface area (Å²) in [6, 6.07) is 22.9. The summed E-state index contributed by atoms with van der Waals surface area (Å²) in [7, 11) is 0. The fourth-order valence-electron chi connectivity index (χ4n) is 2.58. The molecule has 0 aromatic heterocycles. The minimum atomic E-state index is -0.232. The Morgan fingerprint density at radius 3 is 2.24 bits per heavy atom. The fourth-order valence-corrected chi connectivity index (χ4v) is 2.58. The number of aryl methyl sites for hydroxylation is 1. The van der Waals surface area contributed by atoms with Crippen LogP contribution in [0, 0.1) is 12.7 Å². The first kappa shape index (κ1) is 17.2. The van der Waals surface area contributed by atoms with E-state index in [0.29, 0.717) is 6.61 Å². The van der Waals surface area contributed by atoms with Crippen molar-refractivity contribution < 1.29 is 9.13 Å². The summed E-state index contributed by atoms with van der Waals surface area (Å²) in [5, 5.41) is 3.45. The maximum absolute atomic E-state index is 13.0. The molecule has 128 valence electrons. The molecular weight excluding hydrogens is 313 g/mol. The molecule has 0 unspecified atom stereocenters. The molecule has 0 atom stereocenters. The summed E-state index contributed by atoms with van der Waals surface area (Å²) in [6.45, 7) is 4.06. The third-order valence-electron chi connectivity index (χ3n) is 4.05. The third kappa shape index (κ3) is 5.16. The largest absolute Gasteiger partial charge is 0.489 e. The van der Waals surface area contributed by atoms with Crippen LogP contribution in [0.15, 0.2) is 72.8 Å². The molecule has 0 radical (unpaired) electrons. The van der Waals surface area contributed by atoms with Crippen molar-refractivity contribution in [3.63, 3.8) is 0 Å². The second-order valence-corrected chi connectivity index (χ2v) is 6.11. The van der Waals surface area contributed by atoms with Gasteiger partial charge >= 0.3 is 0 Å². The molecule has 0 heterocycles. The van der Waals surface area contributed by atoms with Crippen molar-refractivity contribution in [1.82, 2.24) is 5.32 Å². The predicted octanol–water partition coefficient (Wildman–Crippen LogP) is 5.00. The van der Waals surface area contributed by atoms with E-state index in [9.17, 15) is 4.39 Å². The number of hydrogen-bond acceptors (Lipinski definition) is 2. The molecule has 0 aliphatic heterocycles. The van der Waals surface area contributed by atoms with Gasteiger partial charge in [-0.25, -0.2) is 4.39 Å². The first-order chi connectivity index (χ1) is 12.2. The molecule has 25 heavy (non-hydrogen) atoms. The van der Waals surface area contributed by atoms with Gasteiger partial charge in [0.15, 0.2) is 0 Å². The zero-order valence-corrected chi connectivity index (χ0v) is 14.3. The molecule has 0 fully saturated rings. The molecule has 3 rings (SSSR count). The number of ether oxygens (including phenoxy) is 1. The summed E-state index contributed by atoms with van der Waals surface area (Å²) in [5.41, 5.74) is 4.58. The van der Waals surface area contributed by atoms with Crippen LogP contribution < -0.4 is 10.1 Å². The van der Waals surface area contributed by atoms with Crippen molar-refractivity contribution in [3.8, 4) is 5.75 Å². The van der Waals surface area contributed by atoms with Crippen molar-refractivity contribution in [2.45, 2.75) is 26.6 Å². The molecule has 0 saturated carbocycles. The van der Waals surface area contributed by atoms with Crippen molar-refractivity contribution in [3.05, 3.63) is 101 Å². The summed E-state index contributed by atoms with van der Waals surface area (Å²) in [4.78, 5) is 0. The zero-order valence-electron chi connectivity index (χ0n) is 14.3. The Morgan fingerprint density at radius 2 is 1.48 bits per heavy atom. The Balaban J connectivity index is 1.56. The van der Waals surface area contributed by atoms with Gasteiger partial charge in [0.2, 0.25) is 0 Å². The number of hydrogen-bond donors (Lipinski definition) is 1. The van der Waals surface area contributed by atoms with Crippen LogP contribution in [0.2, 0.25) is 0 Å². The molecule has 0 amide bonds. The van der Waals surface area contributed by atoms with Gasteiger partial charge in [0.25, 0.3) is 0 Å². The molecule has 0 saturated heterocycles. The normalized spacial score (nSPS) is 10.6. The number of nitrogens with one attached hydrogen (secondary N) is 1. The summed E-state index contributed by atoms with van der Waals surface area (Å²) in [5.74, 6) is 0.618. The second-order valence-electron chi connectivity index (χ2n) is 6.11. The van der Waals surface area contributed by atoms with Gasteiger partial charge in [-0.15, -0.1) is 0 Å². The lowest BCUT2D eigenvalue weighted by Gasteiger charge is -2.12. The molecule has 0 aliphatic rings. The van der Waals surface area contributed by atoms with E-state index in [1.165, 1.54) is 23.3 Å². The second kappa shape index (κ2) is 8.45. The quantitative estimate of drug-likeness (QED) is 0.656. The standard InChI is InChI=1S/C22H22FNO/c1-17-6-8-18(9-7-17)14-24-15-20-4-2-3-5-22(20)25-16-19-10-12-21(23)13-11-19/h2-13,24H,14-16H2,1H3. The maximum atomic E-state index is 13.0. The lowest BCUT2D eigenvalue weighted by atomic mass is 10.1. The zero-order chi connectivity index (χ0) is 17.5. The van der Waals surface area contributed by atoms with Crippen LogP contribution in [-0.4, -0.2) is 0 Å². The van der Waals surface area contributed by atoms with Crippen molar-refractivity contribution in [1.29, 1.82) is 0 Å². The summed E-state index contributed by atoms with van der Waals surface area (Å²) in [6.07, 6.45) is 0. The van der Waals surface area contributed by atoms with Crippen molar-refractivity contribution in [2.75, 3.05) is 0 Å². The van der Waals surface area contributed by atoms with Crippen LogP contribution in [0.4, 0.5) is 4.39 Å². The molecule has 0 spiro atoms. The Labute approximate surface area is 148 Å². The molecule has 3 heteroatoms. The van der Waals surface area contributed by atoms with Crippen LogP contribution in [0.25, 0.3) is 0 Å². The number of halogens is 1. The van der Waals surface area contributed by atoms with Gasteiger partial charge in [-0.1, -0.05) is 60.2 Å². The Kier molecular flexibility index (Phi) is 5.81. The van der Waals surface area contributed by atoms with E-state index in [1.54, 1.807) is 12.1 Å². The van der Waals surface area contributed by atoms with Crippen LogP contribution in [0.3, 0.4) is 0 Å². The van der Waals surface area contributed by atoms with Gasteiger partial charge in [-0.2, -0.15) is 0 Å². The minimum absolute atomic E-state index is 0.232. The smallest absolute Gasteiger partial charge is 0.124 e. The highest BCUT2D eigenvalue weighted by Gasteiger charge is 2.04. The van der Waals surface area contributed by atoms with E-state index in [0.717, 1.165) is 30.0 Å². The van der Waals surface area contributed by atoms with Crippen LogP contribution in [0.5, 0.6) is 5.75 Å². The Bertz CT molecular complexity index is 797. The first-order valence-corrected chi connectivity index (χ1v) is 8.42. The molecule has 2 nitrogen and oxygen atoms in total. The SMILES string of the molecule is Cc1ccc(CNCc2ccccc2OCc2ccc(F)cc2)cc1. The highest BCUT2D eigenvalue weighted by atomic mass is 19.1. The van der Waals surface area contributed by atoms with Crippen LogP contribution >= 0.6 is 0 Å². The monoisotopic (exact) mass is 335 g/mol. The molecule has 3 aromatic rings. The predicted molar refractivity (Wildman–Crippen MR) is 98.9 cm³/mol. The van der Waals surface area contributed by atoms with E-state index in [2.05, 4.69) is 42.6 Å². The highest BCUT2D eigenvalue weighted by molar-refractivity contribution is 5.33. The third-order valence-corrected chi connectivity index (χ3v) is 4.05. The van der Waals surface area contributed by atoms with Gasteiger partial charge in [-0.3, -0.25) is 0 Å². The van der Waals surface area contributed by atoms with Crippen LogP contribution in [-0.2, 0) is 19.7 Å². The van der Waals surface area contributed by atoms with Crippen molar-refractivity contribution >= 4 is 0 Å². The van der Waals surface area contributed by atoms with Gasteiger partial charge in [0.05, 0.1) is 0 Å². The number of rotatable bonds is 7. The number of benzene rings is 3. The van der Waals surface area contributed by atoms with Crippen molar-refractivity contribution in [2.24, 2.45) is 0 Å². The first-order valence-electron chi connectivity index (χ1n) is 8.42. The van der Waals surface area contributed by atoms with E-state index < -0.39 is 0 Å². The average molecular weight is 335 g/mol.